The summed E-state index contributed by atoms with van der Waals surface area (Å²) in [6.45, 7) is 0. The van der Waals surface area contributed by atoms with Crippen molar-refractivity contribution in [2.45, 2.75) is 6.42 Å². The number of allylic oxidation sites excluding steroid dienone is 4. The largest absolute Gasteiger partial charge is 0.0804 e. The summed E-state index contributed by atoms with van der Waals surface area (Å²) in [5.74, 6) is 0. The van der Waals surface area contributed by atoms with Gasteiger partial charge in [-0.15, -0.1) is 0 Å². The molecule has 2 aromatic rings. The highest BCUT2D eigenvalue weighted by atomic mass is 31.1. The SMILES string of the molecule is C1=CCC(CP(c2ccccc2)c2ccccc2)=C1. The predicted molar refractivity (Wildman–Crippen MR) is 85.8 cm³/mol. The molecule has 0 N–H and O–H groups in total. The first-order chi connectivity index (χ1) is 9.43. The zero-order valence-corrected chi connectivity index (χ0v) is 11.8. The van der Waals surface area contributed by atoms with E-state index < -0.39 is 0 Å². The maximum atomic E-state index is 2.28. The fourth-order valence-corrected chi connectivity index (χ4v) is 4.73. The molecule has 0 aromatic heterocycles. The molecule has 0 fully saturated rings. The van der Waals surface area contributed by atoms with Gasteiger partial charge in [0.15, 0.2) is 0 Å². The Morgan fingerprint density at radius 2 is 1.37 bits per heavy atom. The third-order valence-electron chi connectivity index (χ3n) is 3.34. The second-order valence-electron chi connectivity index (χ2n) is 4.71. The van der Waals surface area contributed by atoms with E-state index in [1.54, 1.807) is 5.57 Å². The molecule has 0 atom stereocenters. The van der Waals surface area contributed by atoms with Gasteiger partial charge >= 0.3 is 0 Å². The van der Waals surface area contributed by atoms with Crippen LogP contribution in [0.5, 0.6) is 0 Å². The van der Waals surface area contributed by atoms with Gasteiger partial charge in [0.1, 0.15) is 0 Å². The van der Waals surface area contributed by atoms with Crippen LogP contribution in [-0.4, -0.2) is 6.16 Å². The highest BCUT2D eigenvalue weighted by molar-refractivity contribution is 7.73. The molecular weight excluding hydrogens is 247 g/mol. The molecule has 1 aliphatic rings. The van der Waals surface area contributed by atoms with Gasteiger partial charge in [-0.1, -0.05) is 84.5 Å². The lowest BCUT2D eigenvalue weighted by atomic mass is 10.3. The Hall–Kier alpha value is -1.65. The maximum absolute atomic E-state index is 2.28. The Morgan fingerprint density at radius 3 is 1.84 bits per heavy atom. The molecule has 0 saturated heterocycles. The zero-order chi connectivity index (χ0) is 12.9. The summed E-state index contributed by atoms with van der Waals surface area (Å²) in [5.41, 5.74) is 1.55. The van der Waals surface area contributed by atoms with Crippen molar-refractivity contribution in [1.29, 1.82) is 0 Å². The van der Waals surface area contributed by atoms with E-state index >= 15 is 0 Å². The molecule has 1 aliphatic carbocycles. The average Bonchev–Trinajstić information content (AvgIpc) is 3.00. The fraction of sp³-hybridized carbons (Fsp3) is 0.111. The lowest BCUT2D eigenvalue weighted by molar-refractivity contribution is 1.26. The van der Waals surface area contributed by atoms with Crippen molar-refractivity contribution in [2.75, 3.05) is 6.16 Å². The van der Waals surface area contributed by atoms with Crippen molar-refractivity contribution in [3.8, 4) is 0 Å². The highest BCUT2D eigenvalue weighted by Gasteiger charge is 2.15. The van der Waals surface area contributed by atoms with E-state index in [9.17, 15) is 0 Å². The predicted octanol–water partition coefficient (Wildman–Crippen LogP) is 4.01. The van der Waals surface area contributed by atoms with E-state index in [2.05, 4.69) is 78.9 Å². The van der Waals surface area contributed by atoms with Crippen LogP contribution in [0.4, 0.5) is 0 Å². The van der Waals surface area contributed by atoms with Crippen LogP contribution < -0.4 is 10.6 Å². The average molecular weight is 264 g/mol. The van der Waals surface area contributed by atoms with Crippen LogP contribution in [-0.2, 0) is 0 Å². The number of hydrogen-bond donors (Lipinski definition) is 0. The van der Waals surface area contributed by atoms with Gasteiger partial charge in [-0.3, -0.25) is 0 Å². The third kappa shape index (κ3) is 3.03. The van der Waals surface area contributed by atoms with E-state index in [4.69, 9.17) is 0 Å². The minimum Gasteiger partial charge on any atom is -0.0804 e. The Kier molecular flexibility index (Phi) is 3.91. The molecule has 0 saturated carbocycles. The van der Waals surface area contributed by atoms with Gasteiger partial charge in [0.2, 0.25) is 0 Å². The molecule has 3 rings (SSSR count). The minimum atomic E-state index is -0.270. The van der Waals surface area contributed by atoms with Crippen molar-refractivity contribution in [1.82, 2.24) is 0 Å². The van der Waals surface area contributed by atoms with Gasteiger partial charge in [0.25, 0.3) is 0 Å². The smallest absolute Gasteiger partial charge is 0.00277 e. The van der Waals surface area contributed by atoms with Crippen LogP contribution >= 0.6 is 7.92 Å². The van der Waals surface area contributed by atoms with Gasteiger partial charge in [-0.05, 0) is 31.1 Å². The summed E-state index contributed by atoms with van der Waals surface area (Å²) in [6, 6.07) is 21.8. The highest BCUT2D eigenvalue weighted by Crippen LogP contribution is 2.37. The van der Waals surface area contributed by atoms with Crippen molar-refractivity contribution >= 4 is 18.5 Å². The molecule has 19 heavy (non-hydrogen) atoms. The van der Waals surface area contributed by atoms with Gasteiger partial charge in [-0.25, -0.2) is 0 Å². The summed E-state index contributed by atoms with van der Waals surface area (Å²) in [6.07, 6.45) is 9.01. The van der Waals surface area contributed by atoms with Crippen molar-refractivity contribution in [3.63, 3.8) is 0 Å². The summed E-state index contributed by atoms with van der Waals surface area (Å²) in [4.78, 5) is 0. The second-order valence-corrected chi connectivity index (χ2v) is 6.92. The van der Waals surface area contributed by atoms with Crippen molar-refractivity contribution < 1.29 is 0 Å². The summed E-state index contributed by atoms with van der Waals surface area (Å²) >= 11 is 0. The zero-order valence-electron chi connectivity index (χ0n) is 10.9. The van der Waals surface area contributed by atoms with E-state index in [0.29, 0.717) is 0 Å². The lowest BCUT2D eigenvalue weighted by Gasteiger charge is -2.19. The first kappa shape index (κ1) is 12.4. The van der Waals surface area contributed by atoms with Crippen molar-refractivity contribution in [3.05, 3.63) is 84.5 Å². The van der Waals surface area contributed by atoms with Gasteiger partial charge in [0.05, 0.1) is 0 Å². The quantitative estimate of drug-likeness (QED) is 0.732. The Balaban J connectivity index is 1.92. The van der Waals surface area contributed by atoms with Crippen LogP contribution in [0, 0.1) is 0 Å². The molecule has 0 nitrogen and oxygen atoms in total. The molecule has 0 unspecified atom stereocenters. The Morgan fingerprint density at radius 1 is 0.789 bits per heavy atom. The third-order valence-corrected chi connectivity index (χ3v) is 5.91. The Labute approximate surface area is 116 Å². The van der Waals surface area contributed by atoms with Crippen LogP contribution in [0.1, 0.15) is 6.42 Å². The van der Waals surface area contributed by atoms with Crippen LogP contribution in [0.25, 0.3) is 0 Å². The molecule has 0 amide bonds. The maximum Gasteiger partial charge on any atom is -0.00277 e. The normalized spacial score (nSPS) is 13.8. The lowest BCUT2D eigenvalue weighted by Crippen LogP contribution is -2.14. The first-order valence-electron chi connectivity index (χ1n) is 6.66. The Bertz CT molecular complexity index is 542. The van der Waals surface area contributed by atoms with Crippen LogP contribution in [0.3, 0.4) is 0 Å². The molecule has 0 bridgehead atoms. The molecule has 0 radical (unpaired) electrons. The molecule has 0 aliphatic heterocycles. The number of benzene rings is 2. The van der Waals surface area contributed by atoms with Crippen molar-refractivity contribution in [2.24, 2.45) is 0 Å². The topological polar surface area (TPSA) is 0 Å². The molecule has 1 heteroatoms. The number of rotatable bonds is 4. The van der Waals surface area contributed by atoms with E-state index in [1.165, 1.54) is 16.8 Å². The summed E-state index contributed by atoms with van der Waals surface area (Å²) < 4.78 is 0. The molecule has 0 heterocycles. The van der Waals surface area contributed by atoms with Gasteiger partial charge in [-0.2, -0.15) is 0 Å². The van der Waals surface area contributed by atoms with E-state index in [0.717, 1.165) is 6.42 Å². The van der Waals surface area contributed by atoms with Gasteiger partial charge < -0.3 is 0 Å². The van der Waals surface area contributed by atoms with Crippen LogP contribution in [0.2, 0.25) is 0 Å². The fourth-order valence-electron chi connectivity index (χ4n) is 2.36. The number of hydrogen-bond acceptors (Lipinski definition) is 0. The minimum absolute atomic E-state index is 0.270. The standard InChI is InChI=1S/C18H17P/c1-3-11-17(12-4-1)19(15-16-9-7-8-10-16)18-13-5-2-6-14-18/h1-9,11-14H,10,15H2. The summed E-state index contributed by atoms with van der Waals surface area (Å²) in [7, 11) is -0.270. The molecule has 2 aromatic carbocycles. The monoisotopic (exact) mass is 264 g/mol. The molecular formula is C18H17P. The molecule has 0 spiro atoms. The van der Waals surface area contributed by atoms with Crippen LogP contribution in [0.15, 0.2) is 84.5 Å². The van der Waals surface area contributed by atoms with E-state index in [-0.39, 0.29) is 7.92 Å². The van der Waals surface area contributed by atoms with Gasteiger partial charge in [0, 0.05) is 0 Å². The summed E-state index contributed by atoms with van der Waals surface area (Å²) in [5, 5.41) is 2.94. The van der Waals surface area contributed by atoms with E-state index in [1.807, 2.05) is 0 Å². The first-order valence-corrected chi connectivity index (χ1v) is 8.18. The second kappa shape index (κ2) is 5.99. The molecule has 94 valence electrons.